The van der Waals surface area contributed by atoms with Crippen molar-refractivity contribution in [3.8, 4) is 0 Å². The van der Waals surface area contributed by atoms with Gasteiger partial charge in [0.2, 0.25) is 0 Å². The van der Waals surface area contributed by atoms with Crippen LogP contribution in [-0.2, 0) is 0 Å². The zero-order valence-electron chi connectivity index (χ0n) is 11.1. The van der Waals surface area contributed by atoms with E-state index in [0.717, 1.165) is 29.8 Å². The first kappa shape index (κ1) is 15.4. The molecule has 5 heteroatoms. The van der Waals surface area contributed by atoms with Crippen molar-refractivity contribution in [2.45, 2.75) is 27.2 Å². The van der Waals surface area contributed by atoms with Gasteiger partial charge in [-0.05, 0) is 40.4 Å². The zero-order valence-corrected chi connectivity index (χ0v) is 13.5. The first-order chi connectivity index (χ1) is 8.40. The highest BCUT2D eigenvalue weighted by Gasteiger charge is 2.11. The summed E-state index contributed by atoms with van der Waals surface area (Å²) < 4.78 is 1.03. The van der Waals surface area contributed by atoms with Crippen molar-refractivity contribution in [3.05, 3.63) is 22.3 Å². The van der Waals surface area contributed by atoms with E-state index >= 15 is 0 Å². The van der Waals surface area contributed by atoms with Crippen molar-refractivity contribution >= 4 is 39.0 Å². The highest BCUT2D eigenvalue weighted by Crippen LogP contribution is 2.21. The topological polar surface area (TPSA) is 42.1 Å². The van der Waals surface area contributed by atoms with Gasteiger partial charge in [0.25, 0.3) is 0 Å². The van der Waals surface area contributed by atoms with Crippen molar-refractivity contribution in [1.82, 2.24) is 4.98 Å². The standard InChI is InChI=1S/C13H20BrN3S/c1-9(2)8-17(5-4-12(15)18)13-6-10(3)11(14)7-16-13/h6-7,9H,4-5,8H2,1-3H3,(H2,15,18). The summed E-state index contributed by atoms with van der Waals surface area (Å²) in [5.74, 6) is 1.56. The monoisotopic (exact) mass is 329 g/mol. The third-order valence-corrected chi connectivity index (χ3v) is 3.60. The van der Waals surface area contributed by atoms with E-state index in [1.54, 1.807) is 0 Å². The van der Waals surface area contributed by atoms with Crippen molar-refractivity contribution in [2.75, 3.05) is 18.0 Å². The Balaban J connectivity index is 2.86. The molecule has 0 aliphatic rings. The molecule has 1 heterocycles. The van der Waals surface area contributed by atoms with Crippen molar-refractivity contribution < 1.29 is 0 Å². The summed E-state index contributed by atoms with van der Waals surface area (Å²) in [5, 5.41) is 0. The molecule has 18 heavy (non-hydrogen) atoms. The Morgan fingerprint density at radius 2 is 2.22 bits per heavy atom. The van der Waals surface area contributed by atoms with Gasteiger partial charge in [-0.25, -0.2) is 4.98 Å². The lowest BCUT2D eigenvalue weighted by molar-refractivity contribution is 0.609. The molecular formula is C13H20BrN3S. The Hall–Kier alpha value is -0.680. The number of anilines is 1. The van der Waals surface area contributed by atoms with Crippen LogP contribution >= 0.6 is 28.1 Å². The molecular weight excluding hydrogens is 310 g/mol. The fraction of sp³-hybridized carbons (Fsp3) is 0.538. The minimum absolute atomic E-state index is 0.553. The highest BCUT2D eigenvalue weighted by atomic mass is 79.9. The second-order valence-electron chi connectivity index (χ2n) is 4.85. The molecule has 3 nitrogen and oxygen atoms in total. The summed E-state index contributed by atoms with van der Waals surface area (Å²) in [4.78, 5) is 7.26. The molecule has 0 unspecified atom stereocenters. The van der Waals surface area contributed by atoms with Crippen molar-refractivity contribution in [2.24, 2.45) is 11.7 Å². The van der Waals surface area contributed by atoms with Crippen LogP contribution in [0.5, 0.6) is 0 Å². The van der Waals surface area contributed by atoms with Gasteiger partial charge in [-0.3, -0.25) is 0 Å². The molecule has 0 amide bonds. The molecule has 0 spiro atoms. The number of hydrogen-bond acceptors (Lipinski definition) is 3. The first-order valence-electron chi connectivity index (χ1n) is 6.05. The number of rotatable bonds is 6. The van der Waals surface area contributed by atoms with Crippen molar-refractivity contribution in [1.29, 1.82) is 0 Å². The fourth-order valence-electron chi connectivity index (χ4n) is 1.68. The molecule has 0 atom stereocenters. The quantitative estimate of drug-likeness (QED) is 0.813. The van der Waals surface area contributed by atoms with E-state index in [4.69, 9.17) is 18.0 Å². The van der Waals surface area contributed by atoms with E-state index in [1.807, 2.05) is 6.20 Å². The normalized spacial score (nSPS) is 10.7. The van der Waals surface area contributed by atoms with E-state index < -0.39 is 0 Å². The number of aromatic nitrogens is 1. The highest BCUT2D eigenvalue weighted by molar-refractivity contribution is 9.10. The molecule has 0 saturated heterocycles. The molecule has 1 rings (SSSR count). The number of pyridine rings is 1. The lowest BCUT2D eigenvalue weighted by Crippen LogP contribution is -2.31. The van der Waals surface area contributed by atoms with Gasteiger partial charge in [0, 0.05) is 30.2 Å². The van der Waals surface area contributed by atoms with Gasteiger partial charge in [-0.15, -0.1) is 0 Å². The average Bonchev–Trinajstić information content (AvgIpc) is 2.27. The average molecular weight is 330 g/mol. The third kappa shape index (κ3) is 4.90. The lowest BCUT2D eigenvalue weighted by Gasteiger charge is -2.26. The molecule has 2 N–H and O–H groups in total. The number of nitrogens with zero attached hydrogens (tertiary/aromatic N) is 2. The van der Waals surface area contributed by atoms with E-state index in [0.29, 0.717) is 10.9 Å². The summed E-state index contributed by atoms with van der Waals surface area (Å²) >= 11 is 8.42. The maximum atomic E-state index is 5.58. The predicted molar refractivity (Wildman–Crippen MR) is 85.1 cm³/mol. The van der Waals surface area contributed by atoms with Crippen LogP contribution < -0.4 is 10.6 Å². The van der Waals surface area contributed by atoms with E-state index in [-0.39, 0.29) is 0 Å². The molecule has 1 aromatic rings. The summed E-state index contributed by atoms with van der Waals surface area (Å²) in [5.41, 5.74) is 6.76. The van der Waals surface area contributed by atoms with E-state index in [1.165, 1.54) is 5.56 Å². The Labute approximate surface area is 123 Å². The Morgan fingerprint density at radius 3 is 2.72 bits per heavy atom. The molecule has 100 valence electrons. The van der Waals surface area contributed by atoms with Gasteiger partial charge in [0.05, 0.1) is 4.99 Å². The molecule has 0 aromatic carbocycles. The van der Waals surface area contributed by atoms with E-state index in [9.17, 15) is 0 Å². The molecule has 0 saturated carbocycles. The smallest absolute Gasteiger partial charge is 0.128 e. The molecule has 0 bridgehead atoms. The molecule has 0 fully saturated rings. The minimum atomic E-state index is 0.553. The lowest BCUT2D eigenvalue weighted by atomic mass is 10.2. The summed E-state index contributed by atoms with van der Waals surface area (Å²) in [6, 6.07) is 2.09. The Kier molecular flexibility index (Phi) is 6.02. The van der Waals surface area contributed by atoms with Gasteiger partial charge in [-0.1, -0.05) is 26.1 Å². The number of aryl methyl sites for hydroxylation is 1. The summed E-state index contributed by atoms with van der Waals surface area (Å²) in [7, 11) is 0. The van der Waals surface area contributed by atoms with Crippen LogP contribution in [0.2, 0.25) is 0 Å². The van der Waals surface area contributed by atoms with Gasteiger partial charge in [0.15, 0.2) is 0 Å². The predicted octanol–water partition coefficient (Wildman–Crippen LogP) is 3.29. The maximum Gasteiger partial charge on any atom is 0.128 e. The molecule has 0 aliphatic heterocycles. The fourth-order valence-corrected chi connectivity index (χ4v) is 1.99. The van der Waals surface area contributed by atoms with Crippen LogP contribution in [0.1, 0.15) is 25.8 Å². The largest absolute Gasteiger partial charge is 0.393 e. The number of halogens is 1. The maximum absolute atomic E-state index is 5.58. The van der Waals surface area contributed by atoms with Crippen LogP contribution in [0, 0.1) is 12.8 Å². The van der Waals surface area contributed by atoms with Gasteiger partial charge >= 0.3 is 0 Å². The number of hydrogen-bond donors (Lipinski definition) is 1. The van der Waals surface area contributed by atoms with Crippen LogP contribution in [0.4, 0.5) is 5.82 Å². The summed E-state index contributed by atoms with van der Waals surface area (Å²) in [6.45, 7) is 8.23. The second-order valence-corrected chi connectivity index (χ2v) is 6.23. The molecule has 0 aliphatic carbocycles. The minimum Gasteiger partial charge on any atom is -0.393 e. The van der Waals surface area contributed by atoms with Gasteiger partial charge < -0.3 is 10.6 Å². The summed E-state index contributed by atoms with van der Waals surface area (Å²) in [6.07, 6.45) is 2.57. The zero-order chi connectivity index (χ0) is 13.7. The van der Waals surface area contributed by atoms with Crippen LogP contribution in [-0.4, -0.2) is 23.1 Å². The third-order valence-electron chi connectivity index (χ3n) is 2.57. The van der Waals surface area contributed by atoms with Gasteiger partial charge in [-0.2, -0.15) is 0 Å². The SMILES string of the molecule is Cc1cc(N(CCC(N)=S)CC(C)C)ncc1Br. The number of nitrogens with two attached hydrogens (primary N) is 1. The van der Waals surface area contributed by atoms with Crippen LogP contribution in [0.3, 0.4) is 0 Å². The molecule has 0 radical (unpaired) electrons. The first-order valence-corrected chi connectivity index (χ1v) is 7.25. The van der Waals surface area contributed by atoms with Crippen LogP contribution in [0.25, 0.3) is 0 Å². The second kappa shape index (κ2) is 7.04. The number of thiocarbonyl (C=S) groups is 1. The Bertz CT molecular complexity index is 421. The van der Waals surface area contributed by atoms with Crippen LogP contribution in [0.15, 0.2) is 16.7 Å². The van der Waals surface area contributed by atoms with Gasteiger partial charge in [0.1, 0.15) is 5.82 Å². The Morgan fingerprint density at radius 1 is 1.56 bits per heavy atom. The van der Waals surface area contributed by atoms with E-state index in [2.05, 4.69) is 52.7 Å². The van der Waals surface area contributed by atoms with Crippen molar-refractivity contribution in [3.63, 3.8) is 0 Å². The molecule has 1 aromatic heterocycles.